The molecule has 98 valence electrons. The molecule has 0 amide bonds. The summed E-state index contributed by atoms with van der Waals surface area (Å²) in [7, 11) is 0. The first kappa shape index (κ1) is 14.0. The van der Waals surface area contributed by atoms with Crippen LogP contribution in [0.15, 0.2) is 45.3 Å². The number of halogens is 4. The highest BCUT2D eigenvalue weighted by molar-refractivity contribution is 14.1. The summed E-state index contributed by atoms with van der Waals surface area (Å²) in [4.78, 5) is 0. The van der Waals surface area contributed by atoms with Gasteiger partial charge in [0, 0.05) is 16.1 Å². The molecule has 0 aliphatic carbocycles. The second kappa shape index (κ2) is 4.93. The van der Waals surface area contributed by atoms with Crippen molar-refractivity contribution in [3.63, 3.8) is 0 Å². The van der Waals surface area contributed by atoms with Gasteiger partial charge < -0.3 is 0 Å². The summed E-state index contributed by atoms with van der Waals surface area (Å²) in [6, 6.07) is 13.3. The second-order valence-electron chi connectivity index (χ2n) is 4.77. The van der Waals surface area contributed by atoms with Gasteiger partial charge in [0.05, 0.1) is 0 Å². The Morgan fingerprint density at radius 3 is 1.45 bits per heavy atom. The van der Waals surface area contributed by atoms with Crippen LogP contribution in [0.25, 0.3) is 32.3 Å². The Morgan fingerprint density at radius 1 is 0.650 bits per heavy atom. The van der Waals surface area contributed by atoms with Gasteiger partial charge in [-0.05, 0) is 121 Å². The first-order chi connectivity index (χ1) is 9.58. The van der Waals surface area contributed by atoms with Crippen LogP contribution in [0.2, 0.25) is 0 Å². The molecule has 0 aliphatic rings. The molecule has 0 aliphatic heterocycles. The average Bonchev–Trinajstić information content (AvgIpc) is 2.44. The molecule has 0 saturated carbocycles. The lowest BCUT2D eigenvalue weighted by atomic mass is 9.94. The molecule has 0 N–H and O–H groups in total. The number of rotatable bonds is 0. The SMILES string of the molecule is Brc1cc2ccc3c(I)c(Br)cc4ccc(c1I)c2c43. The van der Waals surface area contributed by atoms with Crippen molar-refractivity contribution in [1.29, 1.82) is 0 Å². The Kier molecular flexibility index (Phi) is 3.44. The van der Waals surface area contributed by atoms with Gasteiger partial charge in [-0.3, -0.25) is 0 Å². The van der Waals surface area contributed by atoms with Crippen molar-refractivity contribution in [3.8, 4) is 0 Å². The van der Waals surface area contributed by atoms with E-state index in [1.54, 1.807) is 0 Å². The first-order valence-corrected chi connectivity index (χ1v) is 9.73. The molecule has 0 fully saturated rings. The van der Waals surface area contributed by atoms with E-state index in [1.165, 1.54) is 48.4 Å². The Morgan fingerprint density at radius 2 is 1.05 bits per heavy atom. The van der Waals surface area contributed by atoms with Crippen molar-refractivity contribution in [2.45, 2.75) is 0 Å². The van der Waals surface area contributed by atoms with E-state index < -0.39 is 0 Å². The normalized spacial score (nSPS) is 12.0. The van der Waals surface area contributed by atoms with Crippen LogP contribution in [-0.2, 0) is 0 Å². The summed E-state index contributed by atoms with van der Waals surface area (Å²) in [6.07, 6.45) is 0. The Bertz CT molecular complexity index is 911. The molecule has 4 aromatic carbocycles. The highest BCUT2D eigenvalue weighted by Gasteiger charge is 2.15. The monoisotopic (exact) mass is 610 g/mol. The molecule has 0 saturated heterocycles. The fourth-order valence-corrected chi connectivity index (χ4v) is 4.94. The standard InChI is InChI=1S/C16H6Br2I2/c17-11-5-7-1-3-9-14-8(6-12(18)15(9)19)2-4-10(13(7)14)16(11)20/h1-6H. The van der Waals surface area contributed by atoms with Crippen LogP contribution < -0.4 is 0 Å². The topological polar surface area (TPSA) is 0 Å². The van der Waals surface area contributed by atoms with Crippen molar-refractivity contribution in [2.75, 3.05) is 0 Å². The van der Waals surface area contributed by atoms with Crippen molar-refractivity contribution < 1.29 is 0 Å². The number of hydrogen-bond donors (Lipinski definition) is 0. The summed E-state index contributed by atoms with van der Waals surface area (Å²) >= 11 is 12.2. The molecule has 4 rings (SSSR count). The summed E-state index contributed by atoms with van der Waals surface area (Å²) in [5.74, 6) is 0. The van der Waals surface area contributed by atoms with Gasteiger partial charge in [-0.25, -0.2) is 0 Å². The van der Waals surface area contributed by atoms with Crippen molar-refractivity contribution >= 4 is 109 Å². The van der Waals surface area contributed by atoms with Gasteiger partial charge >= 0.3 is 0 Å². The third-order valence-corrected chi connectivity index (χ3v) is 8.74. The lowest BCUT2D eigenvalue weighted by molar-refractivity contribution is 1.66. The van der Waals surface area contributed by atoms with E-state index in [9.17, 15) is 0 Å². The zero-order valence-electron chi connectivity index (χ0n) is 9.98. The van der Waals surface area contributed by atoms with Gasteiger partial charge in [-0.2, -0.15) is 0 Å². The molecule has 4 heteroatoms. The van der Waals surface area contributed by atoms with E-state index >= 15 is 0 Å². The predicted molar refractivity (Wildman–Crippen MR) is 111 cm³/mol. The molecule has 0 heterocycles. The van der Waals surface area contributed by atoms with Crippen LogP contribution in [0, 0.1) is 7.14 Å². The van der Waals surface area contributed by atoms with Crippen molar-refractivity contribution in [2.24, 2.45) is 0 Å². The maximum absolute atomic E-state index is 3.67. The van der Waals surface area contributed by atoms with Gasteiger partial charge in [0.2, 0.25) is 0 Å². The van der Waals surface area contributed by atoms with Crippen LogP contribution in [0.4, 0.5) is 0 Å². The van der Waals surface area contributed by atoms with Gasteiger partial charge in [0.25, 0.3) is 0 Å². The minimum atomic E-state index is 1.17. The van der Waals surface area contributed by atoms with Crippen LogP contribution in [0.1, 0.15) is 0 Å². The quantitative estimate of drug-likeness (QED) is 0.144. The van der Waals surface area contributed by atoms with Crippen LogP contribution >= 0.6 is 77.0 Å². The molecule has 0 spiro atoms. The third kappa shape index (κ3) is 1.87. The maximum atomic E-state index is 3.67. The summed E-state index contributed by atoms with van der Waals surface area (Å²) in [5, 5.41) is 7.99. The highest BCUT2D eigenvalue weighted by atomic mass is 127. The zero-order chi connectivity index (χ0) is 14.0. The lowest BCUT2D eigenvalue weighted by Gasteiger charge is -2.14. The third-order valence-electron chi connectivity index (χ3n) is 3.68. The van der Waals surface area contributed by atoms with Gasteiger partial charge in [0.15, 0.2) is 0 Å². The summed E-state index contributed by atoms with van der Waals surface area (Å²) in [6.45, 7) is 0. The smallest absolute Gasteiger partial charge is 0.0351 e. The van der Waals surface area contributed by atoms with E-state index in [0.29, 0.717) is 0 Å². The minimum Gasteiger partial charge on any atom is -0.0536 e. The van der Waals surface area contributed by atoms with Gasteiger partial charge in [-0.15, -0.1) is 0 Å². The Balaban J connectivity index is 2.42. The van der Waals surface area contributed by atoms with E-state index in [4.69, 9.17) is 0 Å². The summed E-state index contributed by atoms with van der Waals surface area (Å²) < 4.78 is 4.89. The van der Waals surface area contributed by atoms with Gasteiger partial charge in [-0.1, -0.05) is 24.3 Å². The molecule has 0 bridgehead atoms. The predicted octanol–water partition coefficient (Wildman–Crippen LogP) is 7.32. The fraction of sp³-hybridized carbons (Fsp3) is 0. The number of hydrogen-bond acceptors (Lipinski definition) is 0. The lowest BCUT2D eigenvalue weighted by Crippen LogP contribution is -1.89. The summed E-state index contributed by atoms with van der Waals surface area (Å²) in [5.41, 5.74) is 0. The highest BCUT2D eigenvalue weighted by Crippen LogP contribution is 2.42. The molecule has 0 aromatic heterocycles. The molecule has 0 radical (unpaired) electrons. The minimum absolute atomic E-state index is 1.17. The van der Waals surface area contributed by atoms with Crippen LogP contribution in [0.3, 0.4) is 0 Å². The van der Waals surface area contributed by atoms with Gasteiger partial charge in [0.1, 0.15) is 0 Å². The largest absolute Gasteiger partial charge is 0.0536 e. The van der Waals surface area contributed by atoms with E-state index in [1.807, 2.05) is 0 Å². The molecular weight excluding hydrogens is 606 g/mol. The molecule has 0 atom stereocenters. The van der Waals surface area contributed by atoms with E-state index in [0.717, 1.165) is 0 Å². The van der Waals surface area contributed by atoms with Crippen molar-refractivity contribution in [3.05, 3.63) is 52.5 Å². The molecule has 0 nitrogen and oxygen atoms in total. The van der Waals surface area contributed by atoms with E-state index in [-0.39, 0.29) is 0 Å². The maximum Gasteiger partial charge on any atom is 0.0351 e. The van der Waals surface area contributed by atoms with Crippen molar-refractivity contribution in [1.82, 2.24) is 0 Å². The number of benzene rings is 4. The molecular formula is C16H6Br2I2. The van der Waals surface area contributed by atoms with Crippen LogP contribution in [-0.4, -0.2) is 0 Å². The Labute approximate surface area is 160 Å². The Hall–Kier alpha value is 0.340. The van der Waals surface area contributed by atoms with E-state index in [2.05, 4.69) is 113 Å². The average molecular weight is 612 g/mol. The second-order valence-corrected chi connectivity index (χ2v) is 8.63. The molecule has 20 heavy (non-hydrogen) atoms. The molecule has 4 aromatic rings. The fourth-order valence-electron chi connectivity index (χ4n) is 2.81. The first-order valence-electron chi connectivity index (χ1n) is 5.98. The molecule has 0 unspecified atom stereocenters. The zero-order valence-corrected chi connectivity index (χ0v) is 17.5. The van der Waals surface area contributed by atoms with Crippen LogP contribution in [0.5, 0.6) is 0 Å².